The molecule has 1 amide bonds. The number of pyridine rings is 1. The minimum absolute atomic E-state index is 0.0166. The zero-order valence-electron chi connectivity index (χ0n) is 12.0. The molecule has 0 aliphatic carbocycles. The number of amides is 1. The number of hydrogen-bond acceptors (Lipinski definition) is 3. The molecule has 1 aliphatic rings. The highest BCUT2D eigenvalue weighted by Crippen LogP contribution is 2.24. The highest BCUT2D eigenvalue weighted by atomic mass is 35.5. The molecule has 0 bridgehead atoms. The van der Waals surface area contributed by atoms with Gasteiger partial charge in [-0.3, -0.25) is 9.78 Å². The van der Waals surface area contributed by atoms with Crippen LogP contribution in [0.1, 0.15) is 28.9 Å². The molecule has 4 nitrogen and oxygen atoms in total. The van der Waals surface area contributed by atoms with Crippen molar-refractivity contribution in [3.8, 4) is 0 Å². The summed E-state index contributed by atoms with van der Waals surface area (Å²) in [4.78, 5) is 19.1. The summed E-state index contributed by atoms with van der Waals surface area (Å²) >= 11 is 6.07. The number of likely N-dealkylation sites (tertiary alicyclic amines) is 1. The average Bonchev–Trinajstić information content (AvgIpc) is 2.46. The van der Waals surface area contributed by atoms with Crippen LogP contribution in [0.3, 0.4) is 0 Å². The lowest BCUT2D eigenvalue weighted by atomic mass is 10.0. The normalized spacial score (nSPS) is 19.0. The third-order valence-electron chi connectivity index (χ3n) is 3.87. The molecule has 1 aromatic carbocycles. The van der Waals surface area contributed by atoms with Gasteiger partial charge in [-0.05, 0) is 44.0 Å². The lowest BCUT2D eigenvalue weighted by Gasteiger charge is -2.31. The van der Waals surface area contributed by atoms with Gasteiger partial charge in [0.25, 0.3) is 5.91 Å². The summed E-state index contributed by atoms with van der Waals surface area (Å²) in [5.41, 5.74) is 8.27. The molecule has 2 aromatic rings. The van der Waals surface area contributed by atoms with Gasteiger partial charge < -0.3 is 10.6 Å². The Kier molecular flexibility index (Phi) is 3.83. The molecular weight excluding hydrogens is 286 g/mol. The molecular formula is C16H18ClN3O. The van der Waals surface area contributed by atoms with Crippen molar-refractivity contribution in [2.75, 3.05) is 13.1 Å². The molecule has 21 heavy (non-hydrogen) atoms. The van der Waals surface area contributed by atoms with Crippen molar-refractivity contribution in [3.05, 3.63) is 40.5 Å². The summed E-state index contributed by atoms with van der Waals surface area (Å²) in [6.45, 7) is 3.27. The Hall–Kier alpha value is -1.65. The van der Waals surface area contributed by atoms with Crippen LogP contribution in [0.5, 0.6) is 0 Å². The first-order valence-electron chi connectivity index (χ1n) is 7.16. The maximum atomic E-state index is 12.8. The molecule has 1 aliphatic heterocycles. The van der Waals surface area contributed by atoms with Crippen molar-refractivity contribution in [2.24, 2.45) is 5.73 Å². The van der Waals surface area contributed by atoms with Crippen LogP contribution in [-0.2, 0) is 0 Å². The van der Waals surface area contributed by atoms with E-state index < -0.39 is 0 Å². The summed E-state index contributed by atoms with van der Waals surface area (Å²) < 4.78 is 0. The minimum atomic E-state index is 0.0166. The molecule has 2 N–H and O–H groups in total. The monoisotopic (exact) mass is 303 g/mol. The van der Waals surface area contributed by atoms with Gasteiger partial charge in [0.1, 0.15) is 0 Å². The number of carbonyl (C=O) groups excluding carboxylic acids is 1. The lowest BCUT2D eigenvalue weighted by molar-refractivity contribution is 0.0710. The fourth-order valence-corrected chi connectivity index (χ4v) is 3.04. The highest BCUT2D eigenvalue weighted by Gasteiger charge is 2.24. The Morgan fingerprint density at radius 3 is 3.00 bits per heavy atom. The van der Waals surface area contributed by atoms with Crippen LogP contribution in [0.25, 0.3) is 10.9 Å². The zero-order chi connectivity index (χ0) is 15.0. The molecule has 0 spiro atoms. The Balaban J connectivity index is 2.06. The van der Waals surface area contributed by atoms with E-state index >= 15 is 0 Å². The van der Waals surface area contributed by atoms with E-state index in [4.69, 9.17) is 17.3 Å². The second-order valence-corrected chi connectivity index (χ2v) is 6.06. The topological polar surface area (TPSA) is 59.2 Å². The van der Waals surface area contributed by atoms with Crippen molar-refractivity contribution >= 4 is 28.4 Å². The van der Waals surface area contributed by atoms with E-state index in [1.807, 2.05) is 24.0 Å². The number of aryl methyl sites for hydroxylation is 1. The van der Waals surface area contributed by atoms with Gasteiger partial charge in [0.2, 0.25) is 0 Å². The Morgan fingerprint density at radius 1 is 1.43 bits per heavy atom. The minimum Gasteiger partial charge on any atom is -0.337 e. The fraction of sp³-hybridized carbons (Fsp3) is 0.375. The van der Waals surface area contributed by atoms with E-state index in [1.165, 1.54) is 0 Å². The molecule has 1 fully saturated rings. The van der Waals surface area contributed by atoms with Crippen molar-refractivity contribution in [3.63, 3.8) is 0 Å². The van der Waals surface area contributed by atoms with Crippen LogP contribution in [0, 0.1) is 6.92 Å². The van der Waals surface area contributed by atoms with Crippen LogP contribution >= 0.6 is 11.6 Å². The smallest absolute Gasteiger partial charge is 0.254 e. The molecule has 3 rings (SSSR count). The molecule has 5 heteroatoms. The van der Waals surface area contributed by atoms with Crippen molar-refractivity contribution in [1.82, 2.24) is 9.88 Å². The average molecular weight is 304 g/mol. The number of aromatic nitrogens is 1. The first-order chi connectivity index (χ1) is 10.0. The van der Waals surface area contributed by atoms with Gasteiger partial charge in [0.15, 0.2) is 0 Å². The molecule has 1 aromatic heterocycles. The van der Waals surface area contributed by atoms with E-state index in [0.717, 1.165) is 36.0 Å². The maximum absolute atomic E-state index is 12.8. The Morgan fingerprint density at radius 2 is 2.24 bits per heavy atom. The van der Waals surface area contributed by atoms with Gasteiger partial charge in [-0.2, -0.15) is 0 Å². The number of nitrogens with two attached hydrogens (primary N) is 1. The predicted octanol–water partition coefficient (Wildman–Crippen LogP) is 2.76. The first-order valence-corrected chi connectivity index (χ1v) is 7.54. The number of benzene rings is 1. The van der Waals surface area contributed by atoms with Gasteiger partial charge in [-0.15, -0.1) is 0 Å². The third kappa shape index (κ3) is 2.87. The number of piperidine rings is 1. The van der Waals surface area contributed by atoms with Crippen molar-refractivity contribution in [1.29, 1.82) is 0 Å². The van der Waals surface area contributed by atoms with Gasteiger partial charge >= 0.3 is 0 Å². The summed E-state index contributed by atoms with van der Waals surface area (Å²) in [6.07, 6.45) is 1.93. The van der Waals surface area contributed by atoms with Gasteiger partial charge in [0, 0.05) is 35.2 Å². The number of nitrogens with zero attached hydrogens (tertiary/aromatic N) is 2. The van der Waals surface area contributed by atoms with Crippen LogP contribution in [0.2, 0.25) is 5.02 Å². The van der Waals surface area contributed by atoms with Crippen LogP contribution in [0.15, 0.2) is 24.3 Å². The van der Waals surface area contributed by atoms with E-state index in [-0.39, 0.29) is 11.9 Å². The Bertz CT molecular complexity index is 701. The van der Waals surface area contributed by atoms with E-state index in [2.05, 4.69) is 4.98 Å². The van der Waals surface area contributed by atoms with E-state index in [0.29, 0.717) is 17.1 Å². The number of rotatable bonds is 1. The van der Waals surface area contributed by atoms with Gasteiger partial charge in [0.05, 0.1) is 11.1 Å². The summed E-state index contributed by atoms with van der Waals surface area (Å²) in [5, 5.41) is 1.41. The SMILES string of the molecule is Cc1cc(C(=O)N2CCCC(N)C2)c2cc(Cl)ccc2n1. The molecule has 0 radical (unpaired) electrons. The summed E-state index contributed by atoms with van der Waals surface area (Å²) in [6, 6.07) is 7.35. The van der Waals surface area contributed by atoms with Gasteiger partial charge in [-0.1, -0.05) is 11.6 Å². The predicted molar refractivity (Wildman–Crippen MR) is 84.6 cm³/mol. The summed E-state index contributed by atoms with van der Waals surface area (Å²) in [5.74, 6) is 0.0166. The summed E-state index contributed by atoms with van der Waals surface area (Å²) in [7, 11) is 0. The standard InChI is InChI=1S/C16H18ClN3O/c1-10-7-14(13-8-11(17)4-5-15(13)19-10)16(21)20-6-2-3-12(18)9-20/h4-5,7-8,12H,2-3,6,9,18H2,1H3. The number of carbonyl (C=O) groups is 1. The van der Waals surface area contributed by atoms with Crippen LogP contribution in [0.4, 0.5) is 0 Å². The largest absolute Gasteiger partial charge is 0.337 e. The number of halogens is 1. The van der Waals surface area contributed by atoms with Crippen LogP contribution < -0.4 is 5.73 Å². The molecule has 1 saturated heterocycles. The highest BCUT2D eigenvalue weighted by molar-refractivity contribution is 6.31. The number of fused-ring (bicyclic) bond motifs is 1. The van der Waals surface area contributed by atoms with E-state index in [1.54, 1.807) is 12.1 Å². The lowest BCUT2D eigenvalue weighted by Crippen LogP contribution is -2.45. The maximum Gasteiger partial charge on any atom is 0.254 e. The first kappa shape index (κ1) is 14.3. The molecule has 2 heterocycles. The second kappa shape index (κ2) is 5.62. The van der Waals surface area contributed by atoms with Crippen LogP contribution in [-0.4, -0.2) is 34.9 Å². The molecule has 1 unspecified atom stereocenters. The molecule has 1 atom stereocenters. The zero-order valence-corrected chi connectivity index (χ0v) is 12.7. The van der Waals surface area contributed by atoms with Gasteiger partial charge in [-0.25, -0.2) is 0 Å². The second-order valence-electron chi connectivity index (χ2n) is 5.63. The fourth-order valence-electron chi connectivity index (χ4n) is 2.87. The molecule has 110 valence electrons. The van der Waals surface area contributed by atoms with Crippen molar-refractivity contribution in [2.45, 2.75) is 25.8 Å². The third-order valence-corrected chi connectivity index (χ3v) is 4.11. The Labute approximate surface area is 128 Å². The van der Waals surface area contributed by atoms with E-state index in [9.17, 15) is 4.79 Å². The van der Waals surface area contributed by atoms with Crippen molar-refractivity contribution < 1.29 is 4.79 Å². The molecule has 0 saturated carbocycles. The number of hydrogen-bond donors (Lipinski definition) is 1. The quantitative estimate of drug-likeness (QED) is 0.881.